The smallest absolute Gasteiger partial charge is 0.320 e. The molecule has 0 aliphatic heterocycles. The van der Waals surface area contributed by atoms with Gasteiger partial charge in [0.05, 0.1) is 5.56 Å². The van der Waals surface area contributed by atoms with Gasteiger partial charge >= 0.3 is 5.97 Å². The molecular weight excluding hydrogens is 223 g/mol. The topological polar surface area (TPSA) is 64.3 Å². The van der Waals surface area contributed by atoms with E-state index in [0.29, 0.717) is 5.56 Å². The van der Waals surface area contributed by atoms with Gasteiger partial charge in [-0.3, -0.25) is 9.69 Å². The van der Waals surface area contributed by atoms with Crippen molar-refractivity contribution in [2.45, 2.75) is 19.5 Å². The number of carboxylic acids is 1. The molecule has 0 aliphatic carbocycles. The van der Waals surface area contributed by atoms with E-state index < -0.39 is 17.8 Å². The second-order valence-electron chi connectivity index (χ2n) is 3.82. The van der Waals surface area contributed by atoms with Crippen molar-refractivity contribution >= 4 is 5.97 Å². The van der Waals surface area contributed by atoms with Gasteiger partial charge in [-0.05, 0) is 20.0 Å². The molecule has 0 radical (unpaired) electrons. The average molecular weight is 236 g/mol. The Balaban J connectivity index is 2.90. The van der Waals surface area contributed by atoms with E-state index in [4.69, 9.17) is 10.4 Å². The third-order valence-corrected chi connectivity index (χ3v) is 2.64. The van der Waals surface area contributed by atoms with Gasteiger partial charge in [0.1, 0.15) is 17.9 Å². The van der Waals surface area contributed by atoms with Gasteiger partial charge in [0.15, 0.2) is 0 Å². The molecule has 0 aromatic heterocycles. The lowest BCUT2D eigenvalue weighted by atomic mass is 10.1. The van der Waals surface area contributed by atoms with E-state index in [9.17, 15) is 9.18 Å². The lowest BCUT2D eigenvalue weighted by Gasteiger charge is -2.21. The minimum absolute atomic E-state index is 0.0288. The number of carbonyl (C=O) groups is 1. The van der Waals surface area contributed by atoms with Gasteiger partial charge < -0.3 is 5.11 Å². The number of nitrogens with zero attached hydrogens (tertiary/aromatic N) is 2. The summed E-state index contributed by atoms with van der Waals surface area (Å²) in [6.45, 7) is 1.67. The molecule has 17 heavy (non-hydrogen) atoms. The fourth-order valence-corrected chi connectivity index (χ4v) is 1.38. The first-order chi connectivity index (χ1) is 7.97. The maximum absolute atomic E-state index is 13.7. The summed E-state index contributed by atoms with van der Waals surface area (Å²) in [6.07, 6.45) is 0. The molecule has 0 spiro atoms. The van der Waals surface area contributed by atoms with Crippen molar-refractivity contribution in [2.75, 3.05) is 7.05 Å². The number of hydrogen-bond donors (Lipinski definition) is 1. The Morgan fingerprint density at radius 1 is 1.65 bits per heavy atom. The Hall–Kier alpha value is -1.93. The third kappa shape index (κ3) is 3.02. The zero-order chi connectivity index (χ0) is 13.0. The monoisotopic (exact) mass is 236 g/mol. The summed E-state index contributed by atoms with van der Waals surface area (Å²) in [7, 11) is 1.59. The molecule has 90 valence electrons. The van der Waals surface area contributed by atoms with Crippen molar-refractivity contribution in [3.05, 3.63) is 35.1 Å². The molecule has 1 unspecified atom stereocenters. The first-order valence-corrected chi connectivity index (χ1v) is 5.08. The van der Waals surface area contributed by atoms with Crippen LogP contribution in [0.1, 0.15) is 18.1 Å². The molecule has 4 nitrogen and oxygen atoms in total. The van der Waals surface area contributed by atoms with Crippen molar-refractivity contribution in [3.8, 4) is 6.07 Å². The Kier molecular flexibility index (Phi) is 4.18. The zero-order valence-corrected chi connectivity index (χ0v) is 9.64. The van der Waals surface area contributed by atoms with E-state index >= 15 is 0 Å². The van der Waals surface area contributed by atoms with Crippen molar-refractivity contribution < 1.29 is 14.3 Å². The number of hydrogen-bond acceptors (Lipinski definition) is 3. The maximum atomic E-state index is 13.7. The van der Waals surface area contributed by atoms with Crippen LogP contribution in [0.5, 0.6) is 0 Å². The Morgan fingerprint density at radius 2 is 2.29 bits per heavy atom. The Morgan fingerprint density at radius 3 is 2.82 bits per heavy atom. The number of likely N-dealkylation sites (N-methyl/N-ethyl adjacent to an activating group) is 1. The molecule has 1 rings (SSSR count). The number of carboxylic acid groups (broad SMARTS) is 1. The summed E-state index contributed by atoms with van der Waals surface area (Å²) in [5.74, 6) is -1.55. The largest absolute Gasteiger partial charge is 0.480 e. The second kappa shape index (κ2) is 5.41. The van der Waals surface area contributed by atoms with Crippen LogP contribution in [0.15, 0.2) is 18.2 Å². The normalized spacial score (nSPS) is 12.2. The molecule has 0 fully saturated rings. The van der Waals surface area contributed by atoms with Crippen LogP contribution < -0.4 is 0 Å². The molecule has 0 saturated heterocycles. The molecule has 1 N–H and O–H groups in total. The van der Waals surface area contributed by atoms with Crippen LogP contribution in [-0.4, -0.2) is 29.1 Å². The number of benzene rings is 1. The average Bonchev–Trinajstić information content (AvgIpc) is 2.30. The second-order valence-corrected chi connectivity index (χ2v) is 3.82. The summed E-state index contributed by atoms with van der Waals surface area (Å²) >= 11 is 0. The fourth-order valence-electron chi connectivity index (χ4n) is 1.38. The van der Waals surface area contributed by atoms with Crippen molar-refractivity contribution in [2.24, 2.45) is 0 Å². The van der Waals surface area contributed by atoms with Crippen molar-refractivity contribution in [1.29, 1.82) is 5.26 Å². The van der Waals surface area contributed by atoms with E-state index in [1.54, 1.807) is 25.2 Å². The molecule has 0 heterocycles. The molecular formula is C12H13FN2O2. The fraction of sp³-hybridized carbons (Fsp3) is 0.333. The lowest BCUT2D eigenvalue weighted by Crippen LogP contribution is -2.35. The van der Waals surface area contributed by atoms with Crippen LogP contribution in [-0.2, 0) is 11.3 Å². The summed E-state index contributed by atoms with van der Waals surface area (Å²) in [5, 5.41) is 17.5. The van der Waals surface area contributed by atoms with E-state index in [-0.39, 0.29) is 12.1 Å². The van der Waals surface area contributed by atoms with Gasteiger partial charge in [-0.2, -0.15) is 5.26 Å². The highest BCUT2D eigenvalue weighted by Crippen LogP contribution is 2.14. The van der Waals surface area contributed by atoms with E-state index in [1.165, 1.54) is 17.9 Å². The molecule has 0 amide bonds. The zero-order valence-electron chi connectivity index (χ0n) is 9.64. The van der Waals surface area contributed by atoms with Crippen LogP contribution in [0.4, 0.5) is 4.39 Å². The van der Waals surface area contributed by atoms with E-state index in [1.807, 2.05) is 0 Å². The van der Waals surface area contributed by atoms with E-state index in [0.717, 1.165) is 0 Å². The lowest BCUT2D eigenvalue weighted by molar-refractivity contribution is -0.142. The minimum atomic E-state index is -0.968. The number of nitriles is 1. The van der Waals surface area contributed by atoms with Crippen molar-refractivity contribution in [1.82, 2.24) is 4.90 Å². The summed E-state index contributed by atoms with van der Waals surface area (Å²) in [4.78, 5) is 12.3. The standard InChI is InChI=1S/C12H13FN2O2/c1-8(12(16)17)15(2)7-10-5-3-4-9(6-14)11(10)13/h3-5,8H,7H2,1-2H3,(H,16,17). The SMILES string of the molecule is CC(C(=O)O)N(C)Cc1cccc(C#N)c1F. The number of aliphatic carboxylic acids is 1. The number of halogens is 1. The molecule has 0 bridgehead atoms. The van der Waals surface area contributed by atoms with Crippen LogP contribution in [0, 0.1) is 17.1 Å². The molecule has 1 atom stereocenters. The third-order valence-electron chi connectivity index (χ3n) is 2.64. The predicted octanol–water partition coefficient (Wildman–Crippen LogP) is 1.60. The quantitative estimate of drug-likeness (QED) is 0.862. The van der Waals surface area contributed by atoms with Crippen LogP contribution in [0.2, 0.25) is 0 Å². The summed E-state index contributed by atoms with van der Waals surface area (Å²) in [5.41, 5.74) is 0.290. The summed E-state index contributed by atoms with van der Waals surface area (Å²) < 4.78 is 13.7. The van der Waals surface area contributed by atoms with Crippen LogP contribution in [0.3, 0.4) is 0 Å². The predicted molar refractivity (Wildman–Crippen MR) is 59.7 cm³/mol. The van der Waals surface area contributed by atoms with Gasteiger partial charge in [-0.1, -0.05) is 12.1 Å². The van der Waals surface area contributed by atoms with Gasteiger partial charge in [0.2, 0.25) is 0 Å². The van der Waals surface area contributed by atoms with Gasteiger partial charge in [-0.25, -0.2) is 4.39 Å². The highest BCUT2D eigenvalue weighted by atomic mass is 19.1. The molecule has 0 aliphatic rings. The van der Waals surface area contributed by atoms with Gasteiger partial charge in [0, 0.05) is 12.1 Å². The van der Waals surface area contributed by atoms with E-state index in [2.05, 4.69) is 0 Å². The molecule has 0 saturated carbocycles. The Bertz CT molecular complexity index is 468. The van der Waals surface area contributed by atoms with Crippen LogP contribution >= 0.6 is 0 Å². The van der Waals surface area contributed by atoms with Crippen molar-refractivity contribution in [3.63, 3.8) is 0 Å². The highest BCUT2D eigenvalue weighted by Gasteiger charge is 2.18. The number of rotatable bonds is 4. The minimum Gasteiger partial charge on any atom is -0.480 e. The first-order valence-electron chi connectivity index (χ1n) is 5.08. The molecule has 1 aromatic carbocycles. The molecule has 1 aromatic rings. The van der Waals surface area contributed by atoms with Crippen LogP contribution in [0.25, 0.3) is 0 Å². The Labute approximate surface area is 98.9 Å². The maximum Gasteiger partial charge on any atom is 0.320 e. The molecule has 5 heteroatoms. The van der Waals surface area contributed by atoms with Gasteiger partial charge in [0.25, 0.3) is 0 Å². The summed E-state index contributed by atoms with van der Waals surface area (Å²) in [6, 6.07) is 5.55. The first kappa shape index (κ1) is 13.1. The highest BCUT2D eigenvalue weighted by molar-refractivity contribution is 5.72. The van der Waals surface area contributed by atoms with Gasteiger partial charge in [-0.15, -0.1) is 0 Å².